The van der Waals surface area contributed by atoms with Gasteiger partial charge in [-0.2, -0.15) is 0 Å². The zero-order chi connectivity index (χ0) is 13.4. The first-order valence-electron chi connectivity index (χ1n) is 6.81. The van der Waals surface area contributed by atoms with Crippen LogP contribution >= 0.6 is 11.6 Å². The molecule has 1 amide bonds. The van der Waals surface area contributed by atoms with Crippen LogP contribution in [0.2, 0.25) is 5.15 Å². The van der Waals surface area contributed by atoms with E-state index in [0.29, 0.717) is 17.0 Å². The summed E-state index contributed by atoms with van der Waals surface area (Å²) in [6.45, 7) is 2.85. The third-order valence-electron chi connectivity index (χ3n) is 4.31. The highest BCUT2D eigenvalue weighted by atomic mass is 35.5. The summed E-state index contributed by atoms with van der Waals surface area (Å²) in [6, 6.07) is 1.80. The van der Waals surface area contributed by atoms with E-state index in [4.69, 9.17) is 11.6 Å². The highest BCUT2D eigenvalue weighted by Crippen LogP contribution is 2.38. The average Bonchev–Trinajstić information content (AvgIpc) is 2.95. The predicted molar refractivity (Wildman–Crippen MR) is 75.2 cm³/mol. The molecule has 1 saturated carbocycles. The highest BCUT2D eigenvalue weighted by Gasteiger charge is 2.42. The fourth-order valence-corrected chi connectivity index (χ4v) is 3.42. The lowest BCUT2D eigenvalue weighted by Gasteiger charge is -2.17. The molecule has 0 bridgehead atoms. The van der Waals surface area contributed by atoms with Crippen molar-refractivity contribution in [3.63, 3.8) is 0 Å². The van der Waals surface area contributed by atoms with Gasteiger partial charge in [0.1, 0.15) is 5.15 Å². The predicted octanol–water partition coefficient (Wildman–Crippen LogP) is 2.37. The molecule has 2 fully saturated rings. The monoisotopic (exact) mass is 279 g/mol. The summed E-state index contributed by atoms with van der Waals surface area (Å²) in [5.41, 5.74) is 1.59. The maximum atomic E-state index is 12.3. The molecule has 3 rings (SSSR count). The van der Waals surface area contributed by atoms with Crippen molar-refractivity contribution in [2.24, 2.45) is 11.8 Å². The molecule has 3 atom stereocenters. The molecule has 102 valence electrons. The van der Waals surface area contributed by atoms with Gasteiger partial charge in [0.2, 0.25) is 5.91 Å². The standard InChI is InChI=1S/C14H18ClN3O/c1-8-5-10(7-17-13(8)15)18-14(19)12-11-4-2-3-9(11)6-16-12/h5,7,9,11-12,16H,2-4,6H2,1H3,(H,18,19). The minimum absolute atomic E-state index is 0.0523. The van der Waals surface area contributed by atoms with Crippen LogP contribution in [0.4, 0.5) is 5.69 Å². The lowest BCUT2D eigenvalue weighted by Crippen LogP contribution is -2.39. The Balaban J connectivity index is 1.69. The van der Waals surface area contributed by atoms with E-state index in [9.17, 15) is 4.79 Å². The summed E-state index contributed by atoms with van der Waals surface area (Å²) >= 11 is 5.88. The van der Waals surface area contributed by atoms with E-state index in [1.54, 1.807) is 6.20 Å². The summed E-state index contributed by atoms with van der Waals surface area (Å²) in [6.07, 6.45) is 5.27. The molecule has 2 aliphatic rings. The van der Waals surface area contributed by atoms with Crippen LogP contribution in [-0.4, -0.2) is 23.5 Å². The summed E-state index contributed by atoms with van der Waals surface area (Å²) in [4.78, 5) is 16.4. The molecule has 0 aromatic carbocycles. The van der Waals surface area contributed by atoms with Gasteiger partial charge in [-0.15, -0.1) is 0 Å². The maximum Gasteiger partial charge on any atom is 0.241 e. The van der Waals surface area contributed by atoms with Crippen LogP contribution in [0.15, 0.2) is 12.3 Å². The Labute approximate surface area is 117 Å². The molecule has 5 heteroatoms. The lowest BCUT2D eigenvalue weighted by atomic mass is 9.93. The third kappa shape index (κ3) is 2.47. The number of nitrogens with one attached hydrogen (secondary N) is 2. The number of carbonyl (C=O) groups is 1. The van der Waals surface area contributed by atoms with E-state index in [1.165, 1.54) is 12.8 Å². The van der Waals surface area contributed by atoms with Crippen molar-refractivity contribution in [2.75, 3.05) is 11.9 Å². The molecule has 1 saturated heterocycles. The smallest absolute Gasteiger partial charge is 0.241 e. The van der Waals surface area contributed by atoms with Crippen LogP contribution < -0.4 is 10.6 Å². The number of amides is 1. The Kier molecular flexibility index (Phi) is 3.46. The Morgan fingerprint density at radius 3 is 3.16 bits per heavy atom. The molecule has 3 unspecified atom stereocenters. The second-order valence-corrected chi connectivity index (χ2v) is 5.92. The average molecular weight is 280 g/mol. The van der Waals surface area contributed by atoms with E-state index in [-0.39, 0.29) is 11.9 Å². The molecule has 0 radical (unpaired) electrons. The molecular formula is C14H18ClN3O. The SMILES string of the molecule is Cc1cc(NC(=O)C2NCC3CCCC32)cnc1Cl. The zero-order valence-corrected chi connectivity index (χ0v) is 11.7. The van der Waals surface area contributed by atoms with Crippen molar-refractivity contribution >= 4 is 23.2 Å². The number of fused-ring (bicyclic) bond motifs is 1. The Bertz CT molecular complexity index is 505. The summed E-state index contributed by atoms with van der Waals surface area (Å²) < 4.78 is 0. The first-order valence-corrected chi connectivity index (χ1v) is 7.19. The lowest BCUT2D eigenvalue weighted by molar-refractivity contribution is -0.118. The number of carbonyl (C=O) groups excluding carboxylic acids is 1. The largest absolute Gasteiger partial charge is 0.323 e. The van der Waals surface area contributed by atoms with Gasteiger partial charge < -0.3 is 10.6 Å². The van der Waals surface area contributed by atoms with Crippen LogP contribution in [0.1, 0.15) is 24.8 Å². The van der Waals surface area contributed by atoms with E-state index in [1.807, 2.05) is 13.0 Å². The van der Waals surface area contributed by atoms with Gasteiger partial charge >= 0.3 is 0 Å². The second kappa shape index (κ2) is 5.10. The van der Waals surface area contributed by atoms with E-state index >= 15 is 0 Å². The van der Waals surface area contributed by atoms with Gasteiger partial charge in [-0.25, -0.2) is 4.98 Å². The van der Waals surface area contributed by atoms with Crippen LogP contribution in [0.5, 0.6) is 0 Å². The number of anilines is 1. The van der Waals surface area contributed by atoms with Crippen LogP contribution in [0, 0.1) is 18.8 Å². The van der Waals surface area contributed by atoms with Gasteiger partial charge in [0.25, 0.3) is 0 Å². The van der Waals surface area contributed by atoms with Crippen molar-refractivity contribution in [3.05, 3.63) is 23.0 Å². The van der Waals surface area contributed by atoms with Gasteiger partial charge in [0.05, 0.1) is 17.9 Å². The maximum absolute atomic E-state index is 12.3. The molecule has 2 N–H and O–H groups in total. The second-order valence-electron chi connectivity index (χ2n) is 5.56. The number of halogens is 1. The van der Waals surface area contributed by atoms with Gasteiger partial charge in [-0.05, 0) is 49.8 Å². The zero-order valence-electron chi connectivity index (χ0n) is 10.9. The number of hydrogen-bond donors (Lipinski definition) is 2. The van der Waals surface area contributed by atoms with Crippen molar-refractivity contribution in [2.45, 2.75) is 32.2 Å². The Morgan fingerprint density at radius 1 is 1.53 bits per heavy atom. The number of hydrogen-bond acceptors (Lipinski definition) is 3. The van der Waals surface area contributed by atoms with Crippen molar-refractivity contribution < 1.29 is 4.79 Å². The fraction of sp³-hybridized carbons (Fsp3) is 0.571. The minimum atomic E-state index is -0.0523. The molecule has 1 aliphatic heterocycles. The molecule has 19 heavy (non-hydrogen) atoms. The number of aromatic nitrogens is 1. The molecule has 2 heterocycles. The van der Waals surface area contributed by atoms with Crippen molar-refractivity contribution in [1.82, 2.24) is 10.3 Å². The summed E-state index contributed by atoms with van der Waals surface area (Å²) in [7, 11) is 0. The normalized spacial score (nSPS) is 29.3. The van der Waals surface area contributed by atoms with Crippen molar-refractivity contribution in [1.29, 1.82) is 0 Å². The summed E-state index contributed by atoms with van der Waals surface area (Å²) in [5.74, 6) is 1.24. The van der Waals surface area contributed by atoms with Gasteiger partial charge in [-0.1, -0.05) is 18.0 Å². The minimum Gasteiger partial charge on any atom is -0.323 e. The molecule has 1 aromatic heterocycles. The number of nitrogens with zero attached hydrogens (tertiary/aromatic N) is 1. The highest BCUT2D eigenvalue weighted by molar-refractivity contribution is 6.30. The Hall–Kier alpha value is -1.13. The van der Waals surface area contributed by atoms with E-state index in [0.717, 1.165) is 24.2 Å². The molecule has 0 spiro atoms. The number of pyridine rings is 1. The van der Waals surface area contributed by atoms with Gasteiger partial charge in [0, 0.05) is 0 Å². The number of aryl methyl sites for hydroxylation is 1. The van der Waals surface area contributed by atoms with Crippen LogP contribution in [0.3, 0.4) is 0 Å². The molecule has 1 aromatic rings. The Morgan fingerprint density at radius 2 is 2.37 bits per heavy atom. The summed E-state index contributed by atoms with van der Waals surface area (Å²) in [5, 5.41) is 6.77. The van der Waals surface area contributed by atoms with Gasteiger partial charge in [-0.3, -0.25) is 4.79 Å². The molecular weight excluding hydrogens is 262 g/mol. The topological polar surface area (TPSA) is 54.0 Å². The first kappa shape index (κ1) is 12.9. The quantitative estimate of drug-likeness (QED) is 0.817. The van der Waals surface area contributed by atoms with Crippen molar-refractivity contribution in [3.8, 4) is 0 Å². The fourth-order valence-electron chi connectivity index (χ4n) is 3.32. The first-order chi connectivity index (χ1) is 9.15. The number of rotatable bonds is 2. The van der Waals surface area contributed by atoms with Crippen LogP contribution in [-0.2, 0) is 4.79 Å². The van der Waals surface area contributed by atoms with Crippen LogP contribution in [0.25, 0.3) is 0 Å². The van der Waals surface area contributed by atoms with E-state index in [2.05, 4.69) is 15.6 Å². The molecule has 1 aliphatic carbocycles. The molecule has 4 nitrogen and oxygen atoms in total. The third-order valence-corrected chi connectivity index (χ3v) is 4.71. The van der Waals surface area contributed by atoms with E-state index < -0.39 is 0 Å². The van der Waals surface area contributed by atoms with Gasteiger partial charge in [0.15, 0.2) is 0 Å².